The van der Waals surface area contributed by atoms with Crippen LogP contribution < -0.4 is 5.32 Å². The molecule has 4 fully saturated rings. The first kappa shape index (κ1) is 17.3. The third kappa shape index (κ3) is 2.35. The molecule has 0 aliphatic heterocycles. The highest BCUT2D eigenvalue weighted by Gasteiger charge is 2.60. The molecule has 4 rings (SSSR count). The molecule has 2 N–H and O–H groups in total. The van der Waals surface area contributed by atoms with Crippen LogP contribution in [0.2, 0.25) is 0 Å². The van der Waals surface area contributed by atoms with Gasteiger partial charge in [0.05, 0.1) is 6.10 Å². The second-order valence-electron chi connectivity index (χ2n) is 10.4. The molecule has 0 spiro atoms. The van der Waals surface area contributed by atoms with Crippen LogP contribution in [-0.2, 0) is 0 Å². The molecule has 0 bridgehead atoms. The van der Waals surface area contributed by atoms with E-state index >= 15 is 0 Å². The van der Waals surface area contributed by atoms with E-state index in [1.807, 2.05) is 0 Å². The highest BCUT2D eigenvalue weighted by atomic mass is 16.3. The minimum Gasteiger partial charge on any atom is -0.393 e. The normalized spacial score (nSPS) is 55.4. The molecular weight excluding hydrogens is 294 g/mol. The maximum Gasteiger partial charge on any atom is 0.0543 e. The third-order valence-electron chi connectivity index (χ3n) is 9.77. The molecule has 2 nitrogen and oxygen atoms in total. The first-order valence-corrected chi connectivity index (χ1v) is 10.8. The highest BCUT2D eigenvalue weighted by Crippen LogP contribution is 2.67. The molecule has 0 radical (unpaired) electrons. The lowest BCUT2D eigenvalue weighted by atomic mass is 9.44. The van der Waals surface area contributed by atoms with Crippen LogP contribution >= 0.6 is 0 Å². The molecule has 0 saturated heterocycles. The molecule has 2 heteroatoms. The first-order valence-electron chi connectivity index (χ1n) is 10.8. The molecular formula is C22H39NO. The molecule has 4 aliphatic carbocycles. The van der Waals surface area contributed by atoms with Crippen molar-refractivity contribution in [3.05, 3.63) is 0 Å². The van der Waals surface area contributed by atoms with E-state index in [0.717, 1.165) is 42.4 Å². The molecule has 0 aromatic rings. The molecule has 0 unspecified atom stereocenters. The fourth-order valence-corrected chi connectivity index (χ4v) is 8.30. The Morgan fingerprint density at radius 2 is 1.62 bits per heavy atom. The van der Waals surface area contributed by atoms with E-state index in [-0.39, 0.29) is 6.10 Å². The lowest BCUT2D eigenvalue weighted by molar-refractivity contribution is -0.127. The second-order valence-corrected chi connectivity index (χ2v) is 10.4. The van der Waals surface area contributed by atoms with Crippen molar-refractivity contribution in [2.45, 2.75) is 90.7 Å². The van der Waals surface area contributed by atoms with Gasteiger partial charge < -0.3 is 10.4 Å². The summed E-state index contributed by atoms with van der Waals surface area (Å²) in [5.41, 5.74) is 1.09. The fraction of sp³-hybridized carbons (Fsp3) is 1.00. The molecule has 138 valence electrons. The SMILES string of the molecule is CN[C@@H](C)[C@H]1CC[C@H]2[C@@H]3CC[C@H]4C[C@@H](O)CC[C@]4(C)[C@H]3CC[C@]12C. The Labute approximate surface area is 149 Å². The van der Waals surface area contributed by atoms with E-state index in [9.17, 15) is 5.11 Å². The topological polar surface area (TPSA) is 32.3 Å². The smallest absolute Gasteiger partial charge is 0.0543 e. The molecule has 0 aromatic heterocycles. The van der Waals surface area contributed by atoms with Crippen molar-refractivity contribution in [1.82, 2.24) is 5.32 Å². The molecule has 0 aromatic carbocycles. The summed E-state index contributed by atoms with van der Waals surface area (Å²) in [6.45, 7) is 7.65. The zero-order valence-electron chi connectivity index (χ0n) is 16.4. The highest BCUT2D eigenvalue weighted by molar-refractivity contribution is 5.10. The monoisotopic (exact) mass is 333 g/mol. The Morgan fingerprint density at radius 1 is 0.917 bits per heavy atom. The Hall–Kier alpha value is -0.0800. The maximum absolute atomic E-state index is 10.2. The van der Waals surface area contributed by atoms with E-state index in [0.29, 0.717) is 16.9 Å². The summed E-state index contributed by atoms with van der Waals surface area (Å²) < 4.78 is 0. The van der Waals surface area contributed by atoms with Crippen molar-refractivity contribution in [3.8, 4) is 0 Å². The number of rotatable bonds is 2. The average molecular weight is 334 g/mol. The minimum absolute atomic E-state index is 0.0131. The van der Waals surface area contributed by atoms with Crippen molar-refractivity contribution in [1.29, 1.82) is 0 Å². The third-order valence-corrected chi connectivity index (χ3v) is 9.77. The van der Waals surface area contributed by atoms with Crippen molar-refractivity contribution >= 4 is 0 Å². The summed E-state index contributed by atoms with van der Waals surface area (Å²) in [4.78, 5) is 0. The zero-order valence-corrected chi connectivity index (χ0v) is 16.4. The van der Waals surface area contributed by atoms with Gasteiger partial charge in [-0.2, -0.15) is 0 Å². The first-order chi connectivity index (χ1) is 11.4. The Morgan fingerprint density at radius 3 is 2.38 bits per heavy atom. The Bertz CT molecular complexity index is 479. The van der Waals surface area contributed by atoms with Crippen molar-refractivity contribution < 1.29 is 5.11 Å². The number of hydrogen-bond acceptors (Lipinski definition) is 2. The zero-order chi connectivity index (χ0) is 17.1. The van der Waals surface area contributed by atoms with Gasteiger partial charge in [-0.15, -0.1) is 0 Å². The van der Waals surface area contributed by atoms with Crippen molar-refractivity contribution in [3.63, 3.8) is 0 Å². The standard InChI is InChI=1S/C22H39NO/c1-14(23-4)18-7-8-19-17-6-5-15-13-16(24)9-11-21(15,2)20(17)10-12-22(18,19)3/h14-20,23-24H,5-13H2,1-4H3/t14-,15-,16-,17-,18+,19-,20-,21-,22+/m0/s1. The van der Waals surface area contributed by atoms with E-state index in [2.05, 4.69) is 33.1 Å². The van der Waals surface area contributed by atoms with Gasteiger partial charge in [0.15, 0.2) is 0 Å². The van der Waals surface area contributed by atoms with Crippen molar-refractivity contribution in [2.75, 3.05) is 7.05 Å². The molecule has 24 heavy (non-hydrogen) atoms. The predicted molar refractivity (Wildman–Crippen MR) is 99.7 cm³/mol. The second kappa shape index (κ2) is 5.98. The summed E-state index contributed by atoms with van der Waals surface area (Å²) in [6, 6.07) is 0.660. The summed E-state index contributed by atoms with van der Waals surface area (Å²) in [7, 11) is 2.15. The molecule has 4 saturated carbocycles. The molecule has 0 amide bonds. The van der Waals surface area contributed by atoms with E-state index in [4.69, 9.17) is 0 Å². The number of aliphatic hydroxyl groups excluding tert-OH is 1. The quantitative estimate of drug-likeness (QED) is 0.773. The number of aliphatic hydroxyl groups is 1. The van der Waals surface area contributed by atoms with Gasteiger partial charge in [0.2, 0.25) is 0 Å². The predicted octanol–water partition coefficient (Wildman–Crippen LogP) is 4.61. The Balaban J connectivity index is 1.59. The van der Waals surface area contributed by atoms with Crippen LogP contribution in [0.5, 0.6) is 0 Å². The lowest BCUT2D eigenvalue weighted by Gasteiger charge is -2.61. The van der Waals surface area contributed by atoms with Crippen LogP contribution in [0.4, 0.5) is 0 Å². The van der Waals surface area contributed by atoms with Gasteiger partial charge >= 0.3 is 0 Å². The summed E-state index contributed by atoms with van der Waals surface area (Å²) >= 11 is 0. The van der Waals surface area contributed by atoms with Crippen LogP contribution in [0.25, 0.3) is 0 Å². The largest absolute Gasteiger partial charge is 0.393 e. The summed E-state index contributed by atoms with van der Waals surface area (Å²) in [6.07, 6.45) is 12.0. The van der Waals surface area contributed by atoms with E-state index < -0.39 is 0 Å². The molecule has 4 aliphatic rings. The van der Waals surface area contributed by atoms with Gasteiger partial charge in [-0.25, -0.2) is 0 Å². The fourth-order valence-electron chi connectivity index (χ4n) is 8.30. The minimum atomic E-state index is -0.0131. The van der Waals surface area contributed by atoms with Gasteiger partial charge in [0.1, 0.15) is 0 Å². The van der Waals surface area contributed by atoms with Crippen LogP contribution in [0, 0.1) is 40.4 Å². The summed E-state index contributed by atoms with van der Waals surface area (Å²) in [5.74, 6) is 4.52. The van der Waals surface area contributed by atoms with Gasteiger partial charge in [-0.3, -0.25) is 0 Å². The molecule has 0 heterocycles. The number of fused-ring (bicyclic) bond motifs is 5. The Kier molecular flexibility index (Phi) is 4.32. The van der Waals surface area contributed by atoms with Crippen LogP contribution in [0.1, 0.15) is 78.6 Å². The average Bonchev–Trinajstić information content (AvgIpc) is 2.92. The van der Waals surface area contributed by atoms with Crippen LogP contribution in [0.15, 0.2) is 0 Å². The van der Waals surface area contributed by atoms with E-state index in [1.54, 1.807) is 0 Å². The molecule has 9 atom stereocenters. The van der Waals surface area contributed by atoms with Gasteiger partial charge in [0.25, 0.3) is 0 Å². The van der Waals surface area contributed by atoms with Gasteiger partial charge in [-0.05, 0) is 112 Å². The van der Waals surface area contributed by atoms with Crippen LogP contribution in [-0.4, -0.2) is 24.3 Å². The maximum atomic E-state index is 10.2. The lowest BCUT2D eigenvalue weighted by Crippen LogP contribution is -2.54. The summed E-state index contributed by atoms with van der Waals surface area (Å²) in [5, 5.41) is 13.7. The number of nitrogens with one attached hydrogen (secondary N) is 1. The van der Waals surface area contributed by atoms with Crippen LogP contribution in [0.3, 0.4) is 0 Å². The van der Waals surface area contributed by atoms with Crippen molar-refractivity contribution in [2.24, 2.45) is 40.4 Å². The van der Waals surface area contributed by atoms with Gasteiger partial charge in [-0.1, -0.05) is 13.8 Å². The van der Waals surface area contributed by atoms with E-state index in [1.165, 1.54) is 44.9 Å². The van der Waals surface area contributed by atoms with Gasteiger partial charge in [0, 0.05) is 6.04 Å². The number of hydrogen-bond donors (Lipinski definition) is 2.